The Labute approximate surface area is 100 Å². The Hall–Kier alpha value is -2.04. The van der Waals surface area contributed by atoms with Gasteiger partial charge in [-0.1, -0.05) is 0 Å². The highest BCUT2D eigenvalue weighted by molar-refractivity contribution is 5.46. The van der Waals surface area contributed by atoms with Crippen LogP contribution in [0.1, 0.15) is 18.4 Å². The molecule has 0 bridgehead atoms. The first-order valence-corrected chi connectivity index (χ1v) is 5.63. The van der Waals surface area contributed by atoms with Crippen molar-refractivity contribution in [1.29, 1.82) is 0 Å². The largest absolute Gasteiger partial charge is 0.465 e. The van der Waals surface area contributed by atoms with Crippen LogP contribution >= 0.6 is 0 Å². The van der Waals surface area contributed by atoms with E-state index in [-0.39, 0.29) is 0 Å². The van der Waals surface area contributed by atoms with Crippen molar-refractivity contribution >= 4 is 11.6 Å². The van der Waals surface area contributed by atoms with Gasteiger partial charge in [-0.15, -0.1) is 0 Å². The molecule has 0 unspecified atom stereocenters. The van der Waals surface area contributed by atoms with Crippen molar-refractivity contribution in [3.05, 3.63) is 36.0 Å². The Kier molecular flexibility index (Phi) is 3.59. The summed E-state index contributed by atoms with van der Waals surface area (Å²) in [5.74, 6) is 3.41. The topological polar surface area (TPSA) is 63.0 Å². The van der Waals surface area contributed by atoms with E-state index in [1.165, 1.54) is 6.33 Å². The van der Waals surface area contributed by atoms with Gasteiger partial charge < -0.3 is 15.1 Å². The van der Waals surface area contributed by atoms with Crippen molar-refractivity contribution in [1.82, 2.24) is 9.97 Å². The van der Waals surface area contributed by atoms with Crippen LogP contribution in [-0.2, 0) is 6.54 Å². The summed E-state index contributed by atoms with van der Waals surface area (Å²) in [6, 6.07) is 5.77. The van der Waals surface area contributed by atoms with Crippen molar-refractivity contribution in [3.63, 3.8) is 0 Å². The zero-order chi connectivity index (χ0) is 12.1. The number of nitrogens with one attached hydrogen (secondary N) is 2. The number of furan rings is 1. The van der Waals surface area contributed by atoms with Crippen LogP contribution < -0.4 is 10.6 Å². The Morgan fingerprint density at radius 3 is 2.59 bits per heavy atom. The fraction of sp³-hybridized carbons (Fsp3) is 0.333. The van der Waals surface area contributed by atoms with E-state index in [2.05, 4.69) is 20.6 Å². The first kappa shape index (κ1) is 11.4. The molecule has 2 aromatic heterocycles. The van der Waals surface area contributed by atoms with Crippen molar-refractivity contribution in [3.8, 4) is 0 Å². The molecule has 5 nitrogen and oxygen atoms in total. The summed E-state index contributed by atoms with van der Waals surface area (Å²) >= 11 is 0. The average Bonchev–Trinajstić information content (AvgIpc) is 2.74. The summed E-state index contributed by atoms with van der Waals surface area (Å²) in [6.07, 6.45) is 1.54. The van der Waals surface area contributed by atoms with Gasteiger partial charge in [0.05, 0.1) is 6.54 Å². The van der Waals surface area contributed by atoms with Gasteiger partial charge in [0.2, 0.25) is 0 Å². The van der Waals surface area contributed by atoms with Gasteiger partial charge in [0.1, 0.15) is 29.5 Å². The third-order valence-electron chi connectivity index (χ3n) is 2.26. The summed E-state index contributed by atoms with van der Waals surface area (Å²) in [4.78, 5) is 8.24. The maximum Gasteiger partial charge on any atom is 0.131 e. The van der Waals surface area contributed by atoms with E-state index in [0.717, 1.165) is 29.7 Å². The molecule has 2 aromatic rings. The number of hydrogen-bond acceptors (Lipinski definition) is 5. The fourth-order valence-electron chi connectivity index (χ4n) is 1.49. The highest BCUT2D eigenvalue weighted by Crippen LogP contribution is 2.11. The molecule has 0 aliphatic rings. The minimum absolute atomic E-state index is 0.621. The van der Waals surface area contributed by atoms with Crippen LogP contribution in [0.25, 0.3) is 0 Å². The standard InChI is InChI=1S/C12H16N4O/c1-3-13-11-6-12(16-8-15-11)14-7-10-5-4-9(2)17-10/h4-6,8H,3,7H2,1-2H3,(H2,13,14,15,16). The van der Waals surface area contributed by atoms with Crippen molar-refractivity contribution in [2.24, 2.45) is 0 Å². The predicted molar refractivity (Wildman–Crippen MR) is 67.0 cm³/mol. The van der Waals surface area contributed by atoms with Gasteiger partial charge in [-0.3, -0.25) is 0 Å². The Morgan fingerprint density at radius 2 is 1.94 bits per heavy atom. The fourth-order valence-corrected chi connectivity index (χ4v) is 1.49. The quantitative estimate of drug-likeness (QED) is 0.829. The molecule has 17 heavy (non-hydrogen) atoms. The maximum absolute atomic E-state index is 5.46. The molecule has 0 aliphatic heterocycles. The lowest BCUT2D eigenvalue weighted by Gasteiger charge is -2.06. The molecule has 0 saturated heterocycles. The van der Waals surface area contributed by atoms with Crippen LogP contribution in [0.4, 0.5) is 11.6 Å². The molecule has 2 N–H and O–H groups in total. The summed E-state index contributed by atoms with van der Waals surface area (Å²) in [5, 5.41) is 6.32. The molecule has 0 aromatic carbocycles. The normalized spacial score (nSPS) is 10.2. The number of nitrogens with zero attached hydrogens (tertiary/aromatic N) is 2. The first-order valence-electron chi connectivity index (χ1n) is 5.63. The summed E-state index contributed by atoms with van der Waals surface area (Å²) < 4.78 is 5.46. The maximum atomic E-state index is 5.46. The van der Waals surface area contributed by atoms with Gasteiger partial charge in [0, 0.05) is 12.6 Å². The number of hydrogen-bond donors (Lipinski definition) is 2. The van der Waals surface area contributed by atoms with E-state index in [1.54, 1.807) is 0 Å². The smallest absolute Gasteiger partial charge is 0.131 e. The van der Waals surface area contributed by atoms with Gasteiger partial charge in [0.25, 0.3) is 0 Å². The second-order valence-electron chi connectivity index (χ2n) is 3.68. The molecule has 0 fully saturated rings. The Morgan fingerprint density at radius 1 is 1.18 bits per heavy atom. The van der Waals surface area contributed by atoms with Crippen molar-refractivity contribution in [2.75, 3.05) is 17.2 Å². The molecule has 0 saturated carbocycles. The van der Waals surface area contributed by atoms with Gasteiger partial charge in [-0.25, -0.2) is 9.97 Å². The molecule has 0 radical (unpaired) electrons. The second kappa shape index (κ2) is 5.34. The highest BCUT2D eigenvalue weighted by Gasteiger charge is 2.00. The summed E-state index contributed by atoms with van der Waals surface area (Å²) in [7, 11) is 0. The molecule has 0 aliphatic carbocycles. The molecule has 0 amide bonds. The third kappa shape index (κ3) is 3.21. The van der Waals surface area contributed by atoms with Crippen molar-refractivity contribution in [2.45, 2.75) is 20.4 Å². The van der Waals surface area contributed by atoms with Gasteiger partial charge in [-0.2, -0.15) is 0 Å². The highest BCUT2D eigenvalue weighted by atomic mass is 16.3. The van der Waals surface area contributed by atoms with E-state index in [1.807, 2.05) is 32.0 Å². The van der Waals surface area contributed by atoms with Crippen LogP contribution in [-0.4, -0.2) is 16.5 Å². The van der Waals surface area contributed by atoms with Crippen LogP contribution in [0.15, 0.2) is 28.9 Å². The average molecular weight is 232 g/mol. The first-order chi connectivity index (χ1) is 8.28. The number of rotatable bonds is 5. The number of anilines is 2. The lowest BCUT2D eigenvalue weighted by atomic mass is 10.4. The molecular formula is C12H16N4O. The second-order valence-corrected chi connectivity index (χ2v) is 3.68. The van der Waals surface area contributed by atoms with E-state index < -0.39 is 0 Å². The molecular weight excluding hydrogens is 216 g/mol. The van der Waals surface area contributed by atoms with Crippen LogP contribution in [0, 0.1) is 6.92 Å². The summed E-state index contributed by atoms with van der Waals surface area (Å²) in [5.41, 5.74) is 0. The number of aromatic nitrogens is 2. The van der Waals surface area contributed by atoms with E-state index in [9.17, 15) is 0 Å². The number of aryl methyl sites for hydroxylation is 1. The SMILES string of the molecule is CCNc1cc(NCc2ccc(C)o2)ncn1. The summed E-state index contributed by atoms with van der Waals surface area (Å²) in [6.45, 7) is 5.42. The predicted octanol–water partition coefficient (Wildman–Crippen LogP) is 2.42. The molecule has 90 valence electrons. The van der Waals surface area contributed by atoms with Crippen LogP contribution in [0.5, 0.6) is 0 Å². The van der Waals surface area contributed by atoms with E-state index in [0.29, 0.717) is 6.54 Å². The van der Waals surface area contributed by atoms with Gasteiger partial charge in [-0.05, 0) is 26.0 Å². The monoisotopic (exact) mass is 232 g/mol. The molecule has 2 rings (SSSR count). The van der Waals surface area contributed by atoms with Gasteiger partial charge in [0.15, 0.2) is 0 Å². The Balaban J connectivity index is 1.96. The lowest BCUT2D eigenvalue weighted by Crippen LogP contribution is -2.04. The third-order valence-corrected chi connectivity index (χ3v) is 2.26. The van der Waals surface area contributed by atoms with Crippen LogP contribution in [0.2, 0.25) is 0 Å². The molecule has 0 atom stereocenters. The van der Waals surface area contributed by atoms with E-state index in [4.69, 9.17) is 4.42 Å². The molecule has 2 heterocycles. The zero-order valence-corrected chi connectivity index (χ0v) is 10.0. The Bertz CT molecular complexity index is 481. The molecule has 5 heteroatoms. The molecule has 0 spiro atoms. The zero-order valence-electron chi connectivity index (χ0n) is 10.0. The minimum atomic E-state index is 0.621. The van der Waals surface area contributed by atoms with Crippen LogP contribution in [0.3, 0.4) is 0 Å². The van der Waals surface area contributed by atoms with Gasteiger partial charge >= 0.3 is 0 Å². The van der Waals surface area contributed by atoms with E-state index >= 15 is 0 Å². The van der Waals surface area contributed by atoms with Crippen molar-refractivity contribution < 1.29 is 4.42 Å². The lowest BCUT2D eigenvalue weighted by molar-refractivity contribution is 0.490. The minimum Gasteiger partial charge on any atom is -0.465 e.